The summed E-state index contributed by atoms with van der Waals surface area (Å²) in [5.74, 6) is 0.899. The Morgan fingerprint density at radius 1 is 0.750 bits per heavy atom. The number of fused-ring (bicyclic) bond motifs is 1. The first-order valence-electron chi connectivity index (χ1n) is 8.16. The molecule has 0 unspecified atom stereocenters. The number of aromatic nitrogens is 1. The topological polar surface area (TPSA) is 26.0 Å². The molecule has 0 atom stereocenters. The average Bonchev–Trinajstić information content (AvgIpc) is 2.91. The van der Waals surface area contributed by atoms with Gasteiger partial charge in [-0.05, 0) is 45.0 Å². The van der Waals surface area contributed by atoms with Gasteiger partial charge < -0.3 is 4.42 Å². The molecule has 24 heavy (non-hydrogen) atoms. The van der Waals surface area contributed by atoms with E-state index in [1.807, 2.05) is 18.2 Å². The van der Waals surface area contributed by atoms with E-state index in [-0.39, 0.29) is 0 Å². The summed E-state index contributed by atoms with van der Waals surface area (Å²) in [6, 6.07) is 20.9. The van der Waals surface area contributed by atoms with Crippen LogP contribution in [0, 0.1) is 20.8 Å². The van der Waals surface area contributed by atoms with Gasteiger partial charge in [0.25, 0.3) is 0 Å². The molecule has 4 aromatic rings. The molecule has 4 rings (SSSR count). The Labute approximate surface area is 141 Å². The molecular weight excluding hydrogens is 294 g/mol. The molecule has 0 aliphatic heterocycles. The van der Waals surface area contributed by atoms with Crippen LogP contribution in [0.2, 0.25) is 0 Å². The summed E-state index contributed by atoms with van der Waals surface area (Å²) >= 11 is 0. The van der Waals surface area contributed by atoms with E-state index in [1.54, 1.807) is 0 Å². The zero-order chi connectivity index (χ0) is 16.7. The lowest BCUT2D eigenvalue weighted by atomic mass is 10.0. The van der Waals surface area contributed by atoms with Crippen molar-refractivity contribution in [2.75, 3.05) is 0 Å². The lowest BCUT2D eigenvalue weighted by molar-refractivity contribution is 0.617. The number of nitrogens with zero attached hydrogens (tertiary/aromatic N) is 1. The van der Waals surface area contributed by atoms with E-state index in [2.05, 4.69) is 63.2 Å². The molecule has 0 bridgehead atoms. The van der Waals surface area contributed by atoms with Gasteiger partial charge in [-0.25, -0.2) is 4.98 Å². The van der Waals surface area contributed by atoms with Crippen LogP contribution >= 0.6 is 0 Å². The van der Waals surface area contributed by atoms with Gasteiger partial charge in [-0.2, -0.15) is 0 Å². The third kappa shape index (κ3) is 2.50. The predicted octanol–water partition coefficient (Wildman–Crippen LogP) is 6.09. The van der Waals surface area contributed by atoms with E-state index in [1.165, 1.54) is 11.1 Å². The van der Waals surface area contributed by atoms with Gasteiger partial charge in [0, 0.05) is 22.1 Å². The Bertz CT molecular complexity index is 1010. The van der Waals surface area contributed by atoms with Crippen molar-refractivity contribution in [3.63, 3.8) is 0 Å². The van der Waals surface area contributed by atoms with Gasteiger partial charge in [0.05, 0.1) is 5.69 Å². The average molecular weight is 313 g/mol. The van der Waals surface area contributed by atoms with Crippen molar-refractivity contribution in [1.29, 1.82) is 0 Å². The fourth-order valence-corrected chi connectivity index (χ4v) is 3.25. The molecule has 118 valence electrons. The van der Waals surface area contributed by atoms with Crippen molar-refractivity contribution in [3.05, 3.63) is 77.4 Å². The number of hydrogen-bond acceptors (Lipinski definition) is 2. The van der Waals surface area contributed by atoms with Crippen LogP contribution in [0.25, 0.3) is 33.7 Å². The summed E-state index contributed by atoms with van der Waals surface area (Å²) in [6.07, 6.45) is 0. The SMILES string of the molecule is Cc1cc(C)cc(-c2ccc3c(C)c(-c4ccccc4)oc3n2)c1. The lowest BCUT2D eigenvalue weighted by Gasteiger charge is -2.04. The van der Waals surface area contributed by atoms with Crippen LogP contribution in [0.3, 0.4) is 0 Å². The Kier molecular flexibility index (Phi) is 3.46. The summed E-state index contributed by atoms with van der Waals surface area (Å²) < 4.78 is 6.10. The monoisotopic (exact) mass is 313 g/mol. The molecule has 0 fully saturated rings. The minimum atomic E-state index is 0.697. The largest absolute Gasteiger partial charge is 0.437 e. The van der Waals surface area contributed by atoms with E-state index in [9.17, 15) is 0 Å². The lowest BCUT2D eigenvalue weighted by Crippen LogP contribution is -1.86. The molecule has 2 aromatic carbocycles. The van der Waals surface area contributed by atoms with Crippen LogP contribution in [0.15, 0.2) is 65.1 Å². The summed E-state index contributed by atoms with van der Waals surface area (Å²) in [6.45, 7) is 6.31. The Hall–Kier alpha value is -2.87. The Balaban J connectivity index is 1.87. The molecule has 0 saturated heterocycles. The number of hydrogen-bond donors (Lipinski definition) is 0. The first-order chi connectivity index (χ1) is 11.6. The van der Waals surface area contributed by atoms with Crippen molar-refractivity contribution in [2.24, 2.45) is 0 Å². The number of aryl methyl sites for hydroxylation is 3. The molecule has 0 spiro atoms. The maximum absolute atomic E-state index is 6.10. The first-order valence-corrected chi connectivity index (χ1v) is 8.16. The van der Waals surface area contributed by atoms with E-state index in [0.717, 1.165) is 33.5 Å². The second-order valence-electron chi connectivity index (χ2n) is 6.35. The Morgan fingerprint density at radius 3 is 2.17 bits per heavy atom. The summed E-state index contributed by atoms with van der Waals surface area (Å²) in [7, 11) is 0. The van der Waals surface area contributed by atoms with Crippen LogP contribution in [-0.4, -0.2) is 4.98 Å². The van der Waals surface area contributed by atoms with Gasteiger partial charge in [-0.15, -0.1) is 0 Å². The second-order valence-corrected chi connectivity index (χ2v) is 6.35. The third-order valence-electron chi connectivity index (χ3n) is 4.36. The molecule has 0 amide bonds. The highest BCUT2D eigenvalue weighted by Gasteiger charge is 2.14. The number of rotatable bonds is 2. The fraction of sp³-hybridized carbons (Fsp3) is 0.136. The van der Waals surface area contributed by atoms with Gasteiger partial charge >= 0.3 is 0 Å². The number of pyridine rings is 1. The fourth-order valence-electron chi connectivity index (χ4n) is 3.25. The molecule has 2 heteroatoms. The molecule has 2 nitrogen and oxygen atoms in total. The summed E-state index contributed by atoms with van der Waals surface area (Å²) in [4.78, 5) is 4.77. The van der Waals surface area contributed by atoms with Crippen molar-refractivity contribution < 1.29 is 4.42 Å². The molecule has 0 aliphatic rings. The highest BCUT2D eigenvalue weighted by molar-refractivity contribution is 5.87. The Morgan fingerprint density at radius 2 is 1.46 bits per heavy atom. The molecule has 0 N–H and O–H groups in total. The molecule has 2 heterocycles. The van der Waals surface area contributed by atoms with Crippen molar-refractivity contribution in [1.82, 2.24) is 4.98 Å². The highest BCUT2D eigenvalue weighted by atomic mass is 16.3. The molecular formula is C22H19NO. The van der Waals surface area contributed by atoms with Crippen molar-refractivity contribution >= 4 is 11.1 Å². The zero-order valence-electron chi connectivity index (χ0n) is 14.1. The van der Waals surface area contributed by atoms with Crippen molar-refractivity contribution in [3.8, 4) is 22.6 Å². The molecule has 0 radical (unpaired) electrons. The van der Waals surface area contributed by atoms with Gasteiger partial charge in [0.2, 0.25) is 5.71 Å². The van der Waals surface area contributed by atoms with E-state index < -0.39 is 0 Å². The number of furan rings is 1. The minimum Gasteiger partial charge on any atom is -0.437 e. The van der Waals surface area contributed by atoms with Gasteiger partial charge in [0.15, 0.2) is 0 Å². The van der Waals surface area contributed by atoms with Gasteiger partial charge in [-0.3, -0.25) is 0 Å². The molecule has 0 aliphatic carbocycles. The van der Waals surface area contributed by atoms with Crippen LogP contribution in [-0.2, 0) is 0 Å². The van der Waals surface area contributed by atoms with Crippen LogP contribution < -0.4 is 0 Å². The predicted molar refractivity (Wildman–Crippen MR) is 99.1 cm³/mol. The molecule has 0 saturated carbocycles. The maximum Gasteiger partial charge on any atom is 0.227 e. The normalized spacial score (nSPS) is 11.1. The van der Waals surface area contributed by atoms with E-state index in [4.69, 9.17) is 9.40 Å². The highest BCUT2D eigenvalue weighted by Crippen LogP contribution is 2.33. The first kappa shape index (κ1) is 14.7. The van der Waals surface area contributed by atoms with Gasteiger partial charge in [-0.1, -0.05) is 47.5 Å². The third-order valence-corrected chi connectivity index (χ3v) is 4.36. The summed E-state index contributed by atoms with van der Waals surface area (Å²) in [5.41, 5.74) is 7.48. The zero-order valence-corrected chi connectivity index (χ0v) is 14.1. The standard InChI is InChI=1S/C22H19NO/c1-14-11-15(2)13-18(12-14)20-10-9-19-16(3)21(24-22(19)23-20)17-7-5-4-6-8-17/h4-13H,1-3H3. The smallest absolute Gasteiger partial charge is 0.227 e. The van der Waals surface area contributed by atoms with Crippen molar-refractivity contribution in [2.45, 2.75) is 20.8 Å². The quantitative estimate of drug-likeness (QED) is 0.448. The summed E-state index contributed by atoms with van der Waals surface area (Å²) in [5, 5.41) is 1.07. The van der Waals surface area contributed by atoms with Crippen LogP contribution in [0.1, 0.15) is 16.7 Å². The van der Waals surface area contributed by atoms with Gasteiger partial charge in [0.1, 0.15) is 5.76 Å². The minimum absolute atomic E-state index is 0.697. The van der Waals surface area contributed by atoms with Crippen LogP contribution in [0.5, 0.6) is 0 Å². The van der Waals surface area contributed by atoms with E-state index >= 15 is 0 Å². The molecule has 2 aromatic heterocycles. The van der Waals surface area contributed by atoms with E-state index in [0.29, 0.717) is 5.71 Å². The number of benzene rings is 2. The second kappa shape index (κ2) is 5.64. The van der Waals surface area contributed by atoms with Crippen LogP contribution in [0.4, 0.5) is 0 Å². The maximum atomic E-state index is 6.10.